The molecule has 0 aliphatic carbocycles. The van der Waals surface area contributed by atoms with E-state index in [1.165, 1.54) is 50.7 Å². The summed E-state index contributed by atoms with van der Waals surface area (Å²) in [6.45, 7) is -0.368. The molecular formula is C19H17ClFN3O5S. The number of rotatable bonds is 6. The van der Waals surface area contributed by atoms with Crippen LogP contribution in [0.4, 0.5) is 9.18 Å². The molecule has 0 aliphatic heterocycles. The molecule has 2 aromatic heterocycles. The highest BCUT2D eigenvalue weighted by molar-refractivity contribution is 7.90. The minimum atomic E-state index is -4.28. The van der Waals surface area contributed by atoms with E-state index in [0.29, 0.717) is 5.75 Å². The van der Waals surface area contributed by atoms with E-state index < -0.39 is 21.9 Å². The normalized spacial score (nSPS) is 11.3. The van der Waals surface area contributed by atoms with Gasteiger partial charge in [-0.3, -0.25) is 0 Å². The average Bonchev–Trinajstić information content (AvgIpc) is 3.05. The molecule has 30 heavy (non-hydrogen) atoms. The molecule has 0 radical (unpaired) electrons. The lowest BCUT2D eigenvalue weighted by molar-refractivity contribution is 0.153. The molecule has 2 heterocycles. The summed E-state index contributed by atoms with van der Waals surface area (Å²) >= 11 is 6.10. The molecule has 1 amide bonds. The van der Waals surface area contributed by atoms with Crippen LogP contribution in [0.3, 0.4) is 0 Å². The SMILES string of the molecule is COc1cccc(S(=O)(=O)n2cc(CN(C)C(=O)O)c(F)c2-c2cccnc2Cl)c1. The number of methoxy groups -OCH3 is 1. The summed E-state index contributed by atoms with van der Waals surface area (Å²) in [7, 11) is -1.65. The number of hydrogen-bond donors (Lipinski definition) is 1. The number of benzene rings is 1. The predicted octanol–water partition coefficient (Wildman–Crippen LogP) is 3.70. The van der Waals surface area contributed by atoms with Crippen LogP contribution in [0.25, 0.3) is 11.3 Å². The maximum Gasteiger partial charge on any atom is 0.407 e. The van der Waals surface area contributed by atoms with Crippen LogP contribution >= 0.6 is 11.6 Å². The summed E-state index contributed by atoms with van der Waals surface area (Å²) < 4.78 is 47.9. The Labute approximate surface area is 177 Å². The Balaban J connectivity index is 2.27. The summed E-state index contributed by atoms with van der Waals surface area (Å²) in [5, 5.41) is 9.00. The third kappa shape index (κ3) is 3.96. The van der Waals surface area contributed by atoms with Crippen molar-refractivity contribution in [2.24, 2.45) is 0 Å². The number of hydrogen-bond acceptors (Lipinski definition) is 5. The topological polar surface area (TPSA) is 102 Å². The summed E-state index contributed by atoms with van der Waals surface area (Å²) in [4.78, 5) is 15.7. The van der Waals surface area contributed by atoms with E-state index in [1.54, 1.807) is 6.07 Å². The summed E-state index contributed by atoms with van der Waals surface area (Å²) in [6.07, 6.45) is 1.13. The van der Waals surface area contributed by atoms with Gasteiger partial charge in [0.25, 0.3) is 10.0 Å². The number of carbonyl (C=O) groups is 1. The zero-order valence-electron chi connectivity index (χ0n) is 15.9. The fourth-order valence-corrected chi connectivity index (χ4v) is 4.45. The van der Waals surface area contributed by atoms with E-state index in [2.05, 4.69) is 4.98 Å². The summed E-state index contributed by atoms with van der Waals surface area (Å²) in [6, 6.07) is 8.61. The van der Waals surface area contributed by atoms with Gasteiger partial charge in [0.05, 0.1) is 18.6 Å². The first-order chi connectivity index (χ1) is 14.2. The Hall–Kier alpha value is -3.11. The van der Waals surface area contributed by atoms with Crippen molar-refractivity contribution in [3.63, 3.8) is 0 Å². The van der Waals surface area contributed by atoms with Crippen LogP contribution in [0.15, 0.2) is 53.7 Å². The molecule has 0 saturated heterocycles. The summed E-state index contributed by atoms with van der Waals surface area (Å²) in [5.41, 5.74) is -0.432. The first-order valence-corrected chi connectivity index (χ1v) is 10.3. The molecule has 0 bridgehead atoms. The van der Waals surface area contributed by atoms with Crippen molar-refractivity contribution in [3.05, 3.63) is 65.3 Å². The Morgan fingerprint density at radius 1 is 1.33 bits per heavy atom. The Bertz CT molecular complexity index is 1210. The van der Waals surface area contributed by atoms with E-state index in [9.17, 15) is 13.2 Å². The standard InChI is InChI=1S/C19H17ClFN3O5S/c1-23(19(25)26)10-12-11-24(17(16(12)21)15-7-4-8-22-18(15)20)30(27,28)14-6-3-5-13(9-14)29-2/h3-9,11H,10H2,1-2H3,(H,25,26). The van der Waals surface area contributed by atoms with Crippen LogP contribution in [0, 0.1) is 5.82 Å². The van der Waals surface area contributed by atoms with Gasteiger partial charge < -0.3 is 14.7 Å². The molecule has 3 aromatic rings. The smallest absolute Gasteiger partial charge is 0.407 e. The van der Waals surface area contributed by atoms with E-state index >= 15 is 4.39 Å². The van der Waals surface area contributed by atoms with Crippen LogP contribution in [0.5, 0.6) is 5.75 Å². The van der Waals surface area contributed by atoms with Crippen molar-refractivity contribution in [2.75, 3.05) is 14.2 Å². The van der Waals surface area contributed by atoms with Crippen molar-refractivity contribution < 1.29 is 27.4 Å². The lowest BCUT2D eigenvalue weighted by atomic mass is 10.2. The van der Waals surface area contributed by atoms with Crippen molar-refractivity contribution in [2.45, 2.75) is 11.4 Å². The third-order valence-corrected chi connectivity index (χ3v) is 6.29. The zero-order valence-corrected chi connectivity index (χ0v) is 17.5. The molecule has 0 fully saturated rings. The van der Waals surface area contributed by atoms with E-state index in [0.717, 1.165) is 15.1 Å². The van der Waals surface area contributed by atoms with Crippen molar-refractivity contribution in [1.29, 1.82) is 0 Å². The molecule has 0 unspecified atom stereocenters. The van der Waals surface area contributed by atoms with Gasteiger partial charge in [-0.1, -0.05) is 17.7 Å². The molecule has 0 saturated carbocycles. The largest absolute Gasteiger partial charge is 0.497 e. The van der Waals surface area contributed by atoms with Gasteiger partial charge in [0.2, 0.25) is 0 Å². The van der Waals surface area contributed by atoms with Crippen LogP contribution in [0.1, 0.15) is 5.56 Å². The van der Waals surface area contributed by atoms with Gasteiger partial charge in [-0.15, -0.1) is 0 Å². The highest BCUT2D eigenvalue weighted by Gasteiger charge is 2.29. The first-order valence-electron chi connectivity index (χ1n) is 8.51. The minimum absolute atomic E-state index is 0.0485. The number of nitrogens with zero attached hydrogens (tertiary/aromatic N) is 3. The molecule has 1 N–H and O–H groups in total. The second-order valence-electron chi connectivity index (χ2n) is 6.28. The maximum absolute atomic E-state index is 15.4. The van der Waals surface area contributed by atoms with Gasteiger partial charge in [-0.2, -0.15) is 0 Å². The van der Waals surface area contributed by atoms with E-state index in [4.69, 9.17) is 21.4 Å². The summed E-state index contributed by atoms with van der Waals surface area (Å²) in [5.74, 6) is -0.611. The number of carboxylic acid groups (broad SMARTS) is 1. The lowest BCUT2D eigenvalue weighted by Gasteiger charge is -2.12. The number of aromatic nitrogens is 2. The third-order valence-electron chi connectivity index (χ3n) is 4.33. The van der Waals surface area contributed by atoms with Gasteiger partial charge in [-0.05, 0) is 24.3 Å². The van der Waals surface area contributed by atoms with Gasteiger partial charge in [-0.25, -0.2) is 26.6 Å². The molecular weight excluding hydrogens is 437 g/mol. The predicted molar refractivity (Wildman–Crippen MR) is 108 cm³/mol. The van der Waals surface area contributed by atoms with E-state index in [-0.39, 0.29) is 33.4 Å². The number of halogens is 2. The second-order valence-corrected chi connectivity index (χ2v) is 8.45. The van der Waals surface area contributed by atoms with Crippen LogP contribution in [0.2, 0.25) is 5.15 Å². The van der Waals surface area contributed by atoms with Gasteiger partial charge in [0.15, 0.2) is 5.82 Å². The highest BCUT2D eigenvalue weighted by atomic mass is 35.5. The molecule has 8 nitrogen and oxygen atoms in total. The molecule has 0 aliphatic rings. The van der Waals surface area contributed by atoms with Crippen LogP contribution < -0.4 is 4.74 Å². The van der Waals surface area contributed by atoms with Crippen LogP contribution in [-0.4, -0.2) is 47.6 Å². The highest BCUT2D eigenvalue weighted by Crippen LogP contribution is 2.34. The minimum Gasteiger partial charge on any atom is -0.497 e. The zero-order chi connectivity index (χ0) is 22.1. The van der Waals surface area contributed by atoms with Crippen molar-refractivity contribution >= 4 is 27.7 Å². The van der Waals surface area contributed by atoms with Gasteiger partial charge in [0, 0.05) is 36.6 Å². The Kier molecular flexibility index (Phi) is 5.99. The first kappa shape index (κ1) is 21.6. The quantitative estimate of drug-likeness (QED) is 0.571. The van der Waals surface area contributed by atoms with Crippen molar-refractivity contribution in [1.82, 2.24) is 13.9 Å². The van der Waals surface area contributed by atoms with E-state index in [1.807, 2.05) is 0 Å². The number of amides is 1. The lowest BCUT2D eigenvalue weighted by Crippen LogP contribution is -2.24. The Morgan fingerprint density at radius 2 is 2.07 bits per heavy atom. The molecule has 3 rings (SSSR count). The molecule has 0 spiro atoms. The molecule has 11 heteroatoms. The monoisotopic (exact) mass is 453 g/mol. The molecule has 158 valence electrons. The van der Waals surface area contributed by atoms with Gasteiger partial charge in [0.1, 0.15) is 16.6 Å². The average molecular weight is 454 g/mol. The molecule has 0 atom stereocenters. The fraction of sp³-hybridized carbons (Fsp3) is 0.158. The molecule has 1 aromatic carbocycles. The maximum atomic E-state index is 15.4. The number of pyridine rings is 1. The fourth-order valence-electron chi connectivity index (χ4n) is 2.81. The van der Waals surface area contributed by atoms with Crippen LogP contribution in [-0.2, 0) is 16.6 Å². The second kappa shape index (κ2) is 8.33. The number of ether oxygens (including phenoxy) is 1. The Morgan fingerprint density at radius 3 is 2.70 bits per heavy atom. The van der Waals surface area contributed by atoms with Gasteiger partial charge >= 0.3 is 6.09 Å². The van der Waals surface area contributed by atoms with Crippen molar-refractivity contribution in [3.8, 4) is 17.0 Å².